The van der Waals surface area contributed by atoms with Crippen LogP contribution < -0.4 is 15.0 Å². The number of anilines is 2. The summed E-state index contributed by atoms with van der Waals surface area (Å²) in [5.41, 5.74) is 2.98. The van der Waals surface area contributed by atoms with E-state index in [0.717, 1.165) is 29.7 Å². The quantitative estimate of drug-likeness (QED) is 0.697. The van der Waals surface area contributed by atoms with Crippen molar-refractivity contribution >= 4 is 23.4 Å². The molecule has 5 nitrogen and oxygen atoms in total. The molecule has 0 radical (unpaired) electrons. The minimum Gasteiger partial charge on any atom is -0.410 e. The zero-order valence-electron chi connectivity index (χ0n) is 17.6. The Morgan fingerprint density at radius 2 is 1.68 bits per heavy atom. The molecule has 28 heavy (non-hydrogen) atoms. The van der Waals surface area contributed by atoms with Crippen molar-refractivity contribution in [2.24, 2.45) is 5.41 Å². The van der Waals surface area contributed by atoms with Crippen LogP contribution in [0.15, 0.2) is 42.5 Å². The van der Waals surface area contributed by atoms with E-state index in [1.54, 1.807) is 31.3 Å². The van der Waals surface area contributed by atoms with Gasteiger partial charge in [0.2, 0.25) is 5.91 Å². The van der Waals surface area contributed by atoms with Crippen LogP contribution in [0.1, 0.15) is 44.7 Å². The average molecular weight is 383 g/mol. The summed E-state index contributed by atoms with van der Waals surface area (Å²) >= 11 is 0. The van der Waals surface area contributed by atoms with Gasteiger partial charge in [0.05, 0.1) is 5.69 Å². The van der Waals surface area contributed by atoms with Gasteiger partial charge in [0.25, 0.3) is 0 Å². The van der Waals surface area contributed by atoms with Crippen molar-refractivity contribution in [2.45, 2.75) is 47.5 Å². The highest BCUT2D eigenvalue weighted by Crippen LogP contribution is 2.27. The van der Waals surface area contributed by atoms with Gasteiger partial charge in [-0.2, -0.15) is 0 Å². The van der Waals surface area contributed by atoms with Gasteiger partial charge in [-0.25, -0.2) is 4.79 Å². The van der Waals surface area contributed by atoms with Gasteiger partial charge in [0.15, 0.2) is 0 Å². The lowest BCUT2D eigenvalue weighted by Gasteiger charge is -2.23. The molecule has 0 aliphatic carbocycles. The van der Waals surface area contributed by atoms with E-state index in [-0.39, 0.29) is 5.91 Å². The third kappa shape index (κ3) is 5.12. The van der Waals surface area contributed by atoms with Crippen LogP contribution in [0.4, 0.5) is 16.2 Å². The number of carbonyl (C=O) groups is 2. The fourth-order valence-electron chi connectivity index (χ4n) is 3.27. The SMILES string of the molecule is CCCC(C)(C)C(=O)Nc1cccc(OC(=O)N(C)c2c(C)cccc2C)c1. The molecule has 2 aromatic rings. The van der Waals surface area contributed by atoms with Gasteiger partial charge in [0.1, 0.15) is 5.75 Å². The molecule has 2 rings (SSSR count). The Labute approximate surface area is 167 Å². The number of nitrogens with one attached hydrogen (secondary N) is 1. The maximum absolute atomic E-state index is 12.6. The van der Waals surface area contributed by atoms with Crippen LogP contribution in [-0.2, 0) is 4.79 Å². The molecule has 5 heteroatoms. The summed E-state index contributed by atoms with van der Waals surface area (Å²) in [4.78, 5) is 26.6. The Balaban J connectivity index is 2.12. The number of amides is 2. The van der Waals surface area contributed by atoms with Gasteiger partial charge in [-0.05, 0) is 43.5 Å². The number of para-hydroxylation sites is 1. The van der Waals surface area contributed by atoms with Crippen LogP contribution in [-0.4, -0.2) is 19.0 Å². The van der Waals surface area contributed by atoms with Crippen molar-refractivity contribution in [1.82, 2.24) is 0 Å². The predicted molar refractivity (Wildman–Crippen MR) is 114 cm³/mol. The number of benzene rings is 2. The highest BCUT2D eigenvalue weighted by atomic mass is 16.6. The van der Waals surface area contributed by atoms with Crippen LogP contribution in [0, 0.1) is 19.3 Å². The summed E-state index contributed by atoms with van der Waals surface area (Å²) in [5, 5.41) is 2.92. The second kappa shape index (κ2) is 8.91. The molecule has 2 amide bonds. The number of nitrogens with zero attached hydrogens (tertiary/aromatic N) is 1. The van der Waals surface area contributed by atoms with Crippen LogP contribution >= 0.6 is 0 Å². The summed E-state index contributed by atoms with van der Waals surface area (Å²) in [6.45, 7) is 9.83. The molecule has 0 atom stereocenters. The molecule has 150 valence electrons. The third-order valence-electron chi connectivity index (χ3n) is 4.84. The minimum atomic E-state index is -0.479. The van der Waals surface area contributed by atoms with E-state index in [9.17, 15) is 9.59 Å². The van der Waals surface area contributed by atoms with E-state index in [4.69, 9.17) is 4.74 Å². The number of ether oxygens (including phenoxy) is 1. The molecule has 0 aliphatic heterocycles. The summed E-state index contributed by atoms with van der Waals surface area (Å²) in [7, 11) is 1.69. The highest BCUT2D eigenvalue weighted by Gasteiger charge is 2.26. The van der Waals surface area contributed by atoms with E-state index in [1.165, 1.54) is 4.90 Å². The normalized spacial score (nSPS) is 11.1. The topological polar surface area (TPSA) is 58.6 Å². The molecule has 0 saturated carbocycles. The van der Waals surface area contributed by atoms with Crippen molar-refractivity contribution in [1.29, 1.82) is 0 Å². The molecular weight excluding hydrogens is 352 g/mol. The fourth-order valence-corrected chi connectivity index (χ4v) is 3.27. The van der Waals surface area contributed by atoms with Gasteiger partial charge in [0, 0.05) is 24.2 Å². The lowest BCUT2D eigenvalue weighted by molar-refractivity contribution is -0.124. The smallest absolute Gasteiger partial charge is 0.410 e. The zero-order chi connectivity index (χ0) is 20.9. The molecule has 0 aliphatic rings. The minimum absolute atomic E-state index is 0.0505. The van der Waals surface area contributed by atoms with Gasteiger partial charge in [-0.3, -0.25) is 9.69 Å². The second-order valence-corrected chi connectivity index (χ2v) is 7.78. The third-order valence-corrected chi connectivity index (χ3v) is 4.84. The molecule has 0 aromatic heterocycles. The second-order valence-electron chi connectivity index (χ2n) is 7.78. The van der Waals surface area contributed by atoms with Crippen LogP contribution in [0.3, 0.4) is 0 Å². The highest BCUT2D eigenvalue weighted by molar-refractivity contribution is 5.95. The Hall–Kier alpha value is -2.82. The van der Waals surface area contributed by atoms with Crippen LogP contribution in [0.25, 0.3) is 0 Å². The van der Waals surface area contributed by atoms with Gasteiger partial charge in [-0.15, -0.1) is 0 Å². The van der Waals surface area contributed by atoms with Crippen LogP contribution in [0.5, 0.6) is 5.75 Å². The Bertz CT molecular complexity index is 838. The van der Waals surface area contributed by atoms with E-state index >= 15 is 0 Å². The largest absolute Gasteiger partial charge is 0.419 e. The summed E-state index contributed by atoms with van der Waals surface area (Å²) in [6, 6.07) is 12.8. The molecule has 0 heterocycles. The van der Waals surface area contributed by atoms with Gasteiger partial charge >= 0.3 is 6.09 Å². The first kappa shape index (κ1) is 21.5. The zero-order valence-corrected chi connectivity index (χ0v) is 17.6. The standard InChI is InChI=1S/C23H30N2O3/c1-7-14-23(4,5)21(26)24-18-12-9-13-19(15-18)28-22(27)25(6)20-16(2)10-8-11-17(20)3/h8-13,15H,7,14H2,1-6H3,(H,24,26). The number of hydrogen-bond donors (Lipinski definition) is 1. The summed E-state index contributed by atoms with van der Waals surface area (Å²) < 4.78 is 5.53. The monoisotopic (exact) mass is 382 g/mol. The van der Waals surface area contributed by atoms with Gasteiger partial charge in [-0.1, -0.05) is 51.5 Å². The summed E-state index contributed by atoms with van der Waals surface area (Å²) in [6.07, 6.45) is 1.25. The maximum Gasteiger partial charge on any atom is 0.419 e. The van der Waals surface area contributed by atoms with Crippen molar-refractivity contribution in [3.05, 3.63) is 53.6 Å². The molecule has 2 aromatic carbocycles. The van der Waals surface area contributed by atoms with Crippen molar-refractivity contribution < 1.29 is 14.3 Å². The maximum atomic E-state index is 12.6. The Morgan fingerprint density at radius 3 is 2.29 bits per heavy atom. The first-order valence-corrected chi connectivity index (χ1v) is 9.59. The van der Waals surface area contributed by atoms with Crippen molar-refractivity contribution in [2.75, 3.05) is 17.3 Å². The molecular formula is C23H30N2O3. The van der Waals surface area contributed by atoms with Crippen molar-refractivity contribution in [3.63, 3.8) is 0 Å². The number of aryl methyl sites for hydroxylation is 2. The lowest BCUT2D eigenvalue weighted by atomic mass is 9.87. The average Bonchev–Trinajstić information content (AvgIpc) is 2.61. The first-order valence-electron chi connectivity index (χ1n) is 9.59. The van der Waals surface area contributed by atoms with E-state index < -0.39 is 11.5 Å². The van der Waals surface area contributed by atoms with Crippen molar-refractivity contribution in [3.8, 4) is 5.75 Å². The molecule has 0 bridgehead atoms. The number of carbonyl (C=O) groups excluding carboxylic acids is 2. The Kier molecular flexibility index (Phi) is 6.84. The molecule has 1 N–H and O–H groups in total. The Morgan fingerprint density at radius 1 is 1.07 bits per heavy atom. The molecule has 0 spiro atoms. The summed E-state index contributed by atoms with van der Waals surface area (Å²) in [5.74, 6) is 0.333. The van der Waals surface area contributed by atoms with Crippen LogP contribution in [0.2, 0.25) is 0 Å². The predicted octanol–water partition coefficient (Wildman–Crippen LogP) is 5.70. The first-order chi connectivity index (χ1) is 13.2. The van der Waals surface area contributed by atoms with Gasteiger partial charge < -0.3 is 10.1 Å². The van der Waals surface area contributed by atoms with E-state index in [2.05, 4.69) is 12.2 Å². The number of rotatable bonds is 6. The molecule has 0 unspecified atom stereocenters. The molecule has 0 fully saturated rings. The number of hydrogen-bond acceptors (Lipinski definition) is 3. The van der Waals surface area contributed by atoms with E-state index in [1.807, 2.05) is 45.9 Å². The fraction of sp³-hybridized carbons (Fsp3) is 0.391. The van der Waals surface area contributed by atoms with E-state index in [0.29, 0.717) is 11.4 Å². The lowest BCUT2D eigenvalue weighted by Crippen LogP contribution is -2.31. The molecule has 0 saturated heterocycles.